The molecule has 0 bridgehead atoms. The molecule has 1 aliphatic heterocycles. The Labute approximate surface area is 177 Å². The number of amides is 1. The van der Waals surface area contributed by atoms with Gasteiger partial charge < -0.3 is 5.32 Å². The molecular formula is C19H18Cl2F2N2O3S. The van der Waals surface area contributed by atoms with Crippen LogP contribution in [0.25, 0.3) is 0 Å². The maximum absolute atomic E-state index is 13.8. The Balaban J connectivity index is 1.71. The summed E-state index contributed by atoms with van der Waals surface area (Å²) in [4.78, 5) is 12.5. The number of para-hydroxylation sites is 1. The van der Waals surface area contributed by atoms with E-state index in [9.17, 15) is 22.0 Å². The lowest BCUT2D eigenvalue weighted by molar-refractivity contribution is -0.120. The lowest BCUT2D eigenvalue weighted by Gasteiger charge is -2.31. The minimum atomic E-state index is -3.75. The van der Waals surface area contributed by atoms with Gasteiger partial charge in [-0.2, -0.15) is 0 Å². The molecule has 0 aliphatic carbocycles. The summed E-state index contributed by atoms with van der Waals surface area (Å²) in [5, 5.41) is 2.87. The van der Waals surface area contributed by atoms with Crippen LogP contribution in [0, 0.1) is 17.6 Å². The van der Waals surface area contributed by atoms with Gasteiger partial charge in [0.15, 0.2) is 0 Å². The average molecular weight is 463 g/mol. The van der Waals surface area contributed by atoms with E-state index in [0.29, 0.717) is 23.4 Å². The van der Waals surface area contributed by atoms with Crippen LogP contribution in [0.4, 0.5) is 14.5 Å². The van der Waals surface area contributed by atoms with E-state index in [2.05, 4.69) is 5.32 Å². The Morgan fingerprint density at radius 1 is 1.17 bits per heavy atom. The summed E-state index contributed by atoms with van der Waals surface area (Å²) in [5.74, 6) is -3.47. The minimum Gasteiger partial charge on any atom is -0.321 e. The summed E-state index contributed by atoms with van der Waals surface area (Å²) in [6, 6.07) is 7.81. The normalized spacial score (nSPS) is 17.9. The Morgan fingerprint density at radius 2 is 1.86 bits per heavy atom. The zero-order valence-corrected chi connectivity index (χ0v) is 17.5. The van der Waals surface area contributed by atoms with E-state index in [4.69, 9.17) is 23.2 Å². The first-order valence-corrected chi connectivity index (χ1v) is 11.2. The molecule has 0 aromatic heterocycles. The highest BCUT2D eigenvalue weighted by atomic mass is 35.5. The van der Waals surface area contributed by atoms with Gasteiger partial charge in [0.05, 0.1) is 11.7 Å². The Kier molecular flexibility index (Phi) is 6.78. The Hall–Kier alpha value is -1.74. The predicted octanol–water partition coefficient (Wildman–Crippen LogP) is 4.45. The second-order valence-corrected chi connectivity index (χ2v) is 9.59. The molecule has 1 saturated heterocycles. The predicted molar refractivity (Wildman–Crippen MR) is 108 cm³/mol. The number of benzene rings is 2. The SMILES string of the molecule is O=C(Nc1c(F)cccc1F)C1CCCN(S(=O)(=O)Cc2ccc(Cl)cc2Cl)C1. The number of halogens is 4. The van der Waals surface area contributed by atoms with Gasteiger partial charge in [-0.1, -0.05) is 35.3 Å². The van der Waals surface area contributed by atoms with Crippen molar-refractivity contribution in [3.8, 4) is 0 Å². The van der Waals surface area contributed by atoms with E-state index in [-0.39, 0.29) is 23.9 Å². The lowest BCUT2D eigenvalue weighted by Crippen LogP contribution is -2.44. The van der Waals surface area contributed by atoms with Gasteiger partial charge in [-0.15, -0.1) is 0 Å². The van der Waals surface area contributed by atoms with E-state index in [0.717, 1.165) is 12.1 Å². The molecular weight excluding hydrogens is 445 g/mol. The van der Waals surface area contributed by atoms with Gasteiger partial charge in [0.1, 0.15) is 17.3 Å². The van der Waals surface area contributed by atoms with Crippen molar-refractivity contribution in [2.45, 2.75) is 18.6 Å². The van der Waals surface area contributed by atoms with E-state index < -0.39 is 39.2 Å². The number of anilines is 1. The molecule has 1 atom stereocenters. The third-order valence-electron chi connectivity index (χ3n) is 4.71. The van der Waals surface area contributed by atoms with Crippen LogP contribution in [0.3, 0.4) is 0 Å². The second-order valence-electron chi connectivity index (χ2n) is 6.78. The zero-order valence-electron chi connectivity index (χ0n) is 15.2. The third kappa shape index (κ3) is 5.25. The summed E-state index contributed by atoms with van der Waals surface area (Å²) in [6.45, 7) is 0.181. The van der Waals surface area contributed by atoms with Gasteiger partial charge in [-0.3, -0.25) is 4.79 Å². The summed E-state index contributed by atoms with van der Waals surface area (Å²) in [5.41, 5.74) is -0.138. The number of piperidine rings is 1. The molecule has 0 spiro atoms. The van der Waals surface area contributed by atoms with E-state index in [1.165, 1.54) is 22.5 Å². The van der Waals surface area contributed by atoms with E-state index in [1.807, 2.05) is 0 Å². The van der Waals surface area contributed by atoms with Crippen LogP contribution < -0.4 is 5.32 Å². The Morgan fingerprint density at radius 3 is 2.52 bits per heavy atom. The van der Waals surface area contributed by atoms with E-state index in [1.54, 1.807) is 6.07 Å². The lowest BCUT2D eigenvalue weighted by atomic mass is 9.98. The molecule has 1 unspecified atom stereocenters. The molecule has 0 saturated carbocycles. The number of hydrogen-bond donors (Lipinski definition) is 1. The molecule has 2 aromatic carbocycles. The van der Waals surface area contributed by atoms with Crippen LogP contribution in [0.2, 0.25) is 10.0 Å². The molecule has 2 aromatic rings. The summed E-state index contributed by atoms with van der Waals surface area (Å²) in [6.07, 6.45) is 0.862. The standard InChI is InChI=1S/C19H18Cl2F2N2O3S/c20-14-7-6-13(15(21)9-14)11-29(27,28)25-8-2-3-12(10-25)19(26)24-18-16(22)4-1-5-17(18)23/h1,4-7,9,12H,2-3,8,10-11H2,(H,24,26). The average Bonchev–Trinajstić information content (AvgIpc) is 2.67. The molecule has 5 nitrogen and oxygen atoms in total. The molecule has 0 radical (unpaired) electrons. The number of hydrogen-bond acceptors (Lipinski definition) is 3. The largest absolute Gasteiger partial charge is 0.321 e. The van der Waals surface area contributed by atoms with Gasteiger partial charge >= 0.3 is 0 Å². The van der Waals surface area contributed by atoms with Gasteiger partial charge in [-0.05, 0) is 42.7 Å². The summed E-state index contributed by atoms with van der Waals surface area (Å²) >= 11 is 11.9. The van der Waals surface area contributed by atoms with Crippen LogP contribution in [0.1, 0.15) is 18.4 Å². The first kappa shape index (κ1) is 22.0. The van der Waals surface area contributed by atoms with Crippen molar-refractivity contribution in [1.82, 2.24) is 4.31 Å². The highest BCUT2D eigenvalue weighted by Gasteiger charge is 2.33. The minimum absolute atomic E-state index is 0.0740. The van der Waals surface area contributed by atoms with Crippen LogP contribution in [0.15, 0.2) is 36.4 Å². The highest BCUT2D eigenvalue weighted by Crippen LogP contribution is 2.27. The van der Waals surface area contributed by atoms with Crippen molar-refractivity contribution >= 4 is 44.8 Å². The smallest absolute Gasteiger partial charge is 0.228 e. The summed E-state index contributed by atoms with van der Waals surface area (Å²) in [7, 11) is -3.75. The van der Waals surface area contributed by atoms with Gasteiger partial charge in [-0.25, -0.2) is 21.5 Å². The molecule has 1 aliphatic rings. The van der Waals surface area contributed by atoms with Crippen molar-refractivity contribution < 1.29 is 22.0 Å². The third-order valence-corrected chi connectivity index (χ3v) is 7.09. The fourth-order valence-electron chi connectivity index (χ4n) is 3.18. The molecule has 1 fully saturated rings. The van der Waals surface area contributed by atoms with Gasteiger partial charge in [0.2, 0.25) is 15.9 Å². The highest BCUT2D eigenvalue weighted by molar-refractivity contribution is 7.88. The first-order chi connectivity index (χ1) is 13.7. The van der Waals surface area contributed by atoms with Gasteiger partial charge in [0, 0.05) is 23.1 Å². The topological polar surface area (TPSA) is 66.5 Å². The molecule has 156 valence electrons. The fourth-order valence-corrected chi connectivity index (χ4v) is 5.37. The zero-order chi connectivity index (χ0) is 21.2. The molecule has 3 rings (SSSR count). The fraction of sp³-hybridized carbons (Fsp3) is 0.316. The van der Waals surface area contributed by atoms with E-state index >= 15 is 0 Å². The Bertz CT molecular complexity index is 1010. The van der Waals surface area contributed by atoms with Crippen molar-refractivity contribution in [1.29, 1.82) is 0 Å². The van der Waals surface area contributed by atoms with Crippen LogP contribution >= 0.6 is 23.2 Å². The molecule has 29 heavy (non-hydrogen) atoms. The molecule has 1 heterocycles. The number of carbonyl (C=O) groups is 1. The number of sulfonamides is 1. The van der Waals surface area contributed by atoms with Crippen LogP contribution in [-0.4, -0.2) is 31.7 Å². The summed E-state index contributed by atoms with van der Waals surface area (Å²) < 4.78 is 54.4. The molecule has 1 amide bonds. The van der Waals surface area contributed by atoms with Crippen molar-refractivity contribution in [3.63, 3.8) is 0 Å². The van der Waals surface area contributed by atoms with Crippen molar-refractivity contribution in [2.24, 2.45) is 5.92 Å². The maximum atomic E-state index is 13.8. The quantitative estimate of drug-likeness (QED) is 0.713. The molecule has 10 heteroatoms. The van der Waals surface area contributed by atoms with Crippen molar-refractivity contribution in [3.05, 3.63) is 63.6 Å². The second kappa shape index (κ2) is 8.95. The maximum Gasteiger partial charge on any atom is 0.228 e. The number of nitrogens with zero attached hydrogens (tertiary/aromatic N) is 1. The number of nitrogens with one attached hydrogen (secondary N) is 1. The molecule has 1 N–H and O–H groups in total. The number of rotatable bonds is 5. The monoisotopic (exact) mass is 462 g/mol. The first-order valence-electron chi connectivity index (χ1n) is 8.84. The van der Waals surface area contributed by atoms with Crippen LogP contribution in [0.5, 0.6) is 0 Å². The number of carbonyl (C=O) groups excluding carboxylic acids is 1. The van der Waals surface area contributed by atoms with Gasteiger partial charge in [0.25, 0.3) is 0 Å². The van der Waals surface area contributed by atoms with Crippen LogP contribution in [-0.2, 0) is 20.6 Å². The van der Waals surface area contributed by atoms with Crippen molar-refractivity contribution in [2.75, 3.05) is 18.4 Å².